The lowest BCUT2D eigenvalue weighted by Gasteiger charge is -2.32. The fourth-order valence-electron chi connectivity index (χ4n) is 2.54. The number of benzene rings is 1. The van der Waals surface area contributed by atoms with Gasteiger partial charge in [-0.15, -0.1) is 0 Å². The Morgan fingerprint density at radius 2 is 2.00 bits per heavy atom. The van der Waals surface area contributed by atoms with Crippen LogP contribution in [-0.2, 0) is 6.42 Å². The molecule has 1 heterocycles. The Morgan fingerprint density at radius 1 is 1.28 bits per heavy atom. The van der Waals surface area contributed by atoms with Gasteiger partial charge in [0.05, 0.1) is 0 Å². The molecule has 2 nitrogen and oxygen atoms in total. The highest BCUT2D eigenvalue weighted by molar-refractivity contribution is 5.62. The summed E-state index contributed by atoms with van der Waals surface area (Å²) < 4.78 is 0. The van der Waals surface area contributed by atoms with Crippen LogP contribution < -0.4 is 10.2 Å². The molecule has 2 heteroatoms. The molecule has 0 amide bonds. The average Bonchev–Trinajstić information content (AvgIpc) is 2.36. The van der Waals surface area contributed by atoms with Crippen LogP contribution in [0.1, 0.15) is 39.7 Å². The second-order valence-electron chi connectivity index (χ2n) is 6.02. The minimum Gasteiger partial charge on any atom is -0.382 e. The molecule has 1 N–H and O–H groups in total. The summed E-state index contributed by atoms with van der Waals surface area (Å²) in [6.45, 7) is 9.11. The van der Waals surface area contributed by atoms with Crippen LogP contribution in [0.25, 0.3) is 0 Å². The van der Waals surface area contributed by atoms with Gasteiger partial charge in [-0.1, -0.05) is 13.8 Å². The molecule has 0 fully saturated rings. The van der Waals surface area contributed by atoms with Crippen LogP contribution in [0.2, 0.25) is 0 Å². The molecule has 0 spiro atoms. The lowest BCUT2D eigenvalue weighted by atomic mass is 9.97. The second kappa shape index (κ2) is 5.21. The van der Waals surface area contributed by atoms with Gasteiger partial charge in [-0.25, -0.2) is 0 Å². The van der Waals surface area contributed by atoms with Crippen molar-refractivity contribution in [1.82, 2.24) is 0 Å². The summed E-state index contributed by atoms with van der Waals surface area (Å²) in [7, 11) is 2.20. The number of fused-ring (bicyclic) bond motifs is 1. The predicted octanol–water partition coefficient (Wildman–Crippen LogP) is 3.91. The van der Waals surface area contributed by atoms with Crippen LogP contribution >= 0.6 is 0 Å². The Hall–Kier alpha value is -1.18. The van der Waals surface area contributed by atoms with E-state index >= 15 is 0 Å². The van der Waals surface area contributed by atoms with Gasteiger partial charge >= 0.3 is 0 Å². The number of rotatable bonds is 3. The summed E-state index contributed by atoms with van der Waals surface area (Å²) in [6, 6.07) is 8.01. The highest BCUT2D eigenvalue weighted by Gasteiger charge is 2.17. The zero-order valence-corrected chi connectivity index (χ0v) is 12.3. The molecule has 1 aromatic carbocycles. The van der Waals surface area contributed by atoms with Gasteiger partial charge in [0.1, 0.15) is 0 Å². The standard InChI is InChI=1S/C16H26N2/c1-11(2)13(4)18(5)15-8-9-16-14(10-15)7-6-12(3)17-16/h8-13,17H,6-7H2,1-5H3. The Bertz CT molecular complexity index is 412. The van der Waals surface area contributed by atoms with Crippen LogP contribution in [0.3, 0.4) is 0 Å². The molecule has 1 aromatic rings. The molecule has 1 aliphatic heterocycles. The summed E-state index contributed by atoms with van der Waals surface area (Å²) in [5.74, 6) is 0.671. The monoisotopic (exact) mass is 246 g/mol. The van der Waals surface area contributed by atoms with Gasteiger partial charge in [0.15, 0.2) is 0 Å². The van der Waals surface area contributed by atoms with Gasteiger partial charge in [-0.3, -0.25) is 0 Å². The van der Waals surface area contributed by atoms with Crippen molar-refractivity contribution in [1.29, 1.82) is 0 Å². The third-order valence-corrected chi connectivity index (χ3v) is 4.32. The number of hydrogen-bond acceptors (Lipinski definition) is 2. The minimum absolute atomic E-state index is 0.568. The quantitative estimate of drug-likeness (QED) is 0.869. The first-order valence-corrected chi connectivity index (χ1v) is 7.11. The molecule has 1 aliphatic rings. The van der Waals surface area contributed by atoms with Crippen molar-refractivity contribution >= 4 is 11.4 Å². The van der Waals surface area contributed by atoms with E-state index in [-0.39, 0.29) is 0 Å². The van der Waals surface area contributed by atoms with Gasteiger partial charge < -0.3 is 10.2 Å². The number of hydrogen-bond donors (Lipinski definition) is 1. The second-order valence-corrected chi connectivity index (χ2v) is 6.02. The Morgan fingerprint density at radius 3 is 2.67 bits per heavy atom. The van der Waals surface area contributed by atoms with E-state index in [2.05, 4.69) is 63.2 Å². The van der Waals surface area contributed by atoms with E-state index in [4.69, 9.17) is 0 Å². The van der Waals surface area contributed by atoms with E-state index < -0.39 is 0 Å². The van der Waals surface area contributed by atoms with E-state index in [9.17, 15) is 0 Å². The van der Waals surface area contributed by atoms with Gasteiger partial charge in [0.2, 0.25) is 0 Å². The van der Waals surface area contributed by atoms with Gasteiger partial charge in [-0.2, -0.15) is 0 Å². The fourth-order valence-corrected chi connectivity index (χ4v) is 2.54. The molecule has 0 saturated heterocycles. The highest BCUT2D eigenvalue weighted by Crippen LogP contribution is 2.30. The summed E-state index contributed by atoms with van der Waals surface area (Å²) in [5, 5.41) is 3.56. The highest BCUT2D eigenvalue weighted by atomic mass is 15.1. The first-order valence-electron chi connectivity index (χ1n) is 7.11. The molecule has 2 rings (SSSR count). The molecule has 0 radical (unpaired) electrons. The normalized spacial score (nSPS) is 20.2. The van der Waals surface area contributed by atoms with E-state index in [1.165, 1.54) is 29.8 Å². The van der Waals surface area contributed by atoms with Crippen molar-refractivity contribution < 1.29 is 0 Å². The Labute approximate surface area is 111 Å². The predicted molar refractivity (Wildman–Crippen MR) is 80.6 cm³/mol. The third-order valence-electron chi connectivity index (χ3n) is 4.32. The van der Waals surface area contributed by atoms with Crippen molar-refractivity contribution in [2.24, 2.45) is 5.92 Å². The Balaban J connectivity index is 2.21. The van der Waals surface area contributed by atoms with Gasteiger partial charge in [0, 0.05) is 30.5 Å². The third kappa shape index (κ3) is 2.63. The minimum atomic E-state index is 0.568. The van der Waals surface area contributed by atoms with Crippen LogP contribution in [0.15, 0.2) is 18.2 Å². The molecule has 18 heavy (non-hydrogen) atoms. The summed E-state index contributed by atoms with van der Waals surface area (Å²) in [6.07, 6.45) is 2.43. The molecular formula is C16H26N2. The maximum Gasteiger partial charge on any atom is 0.0376 e. The van der Waals surface area contributed by atoms with E-state index in [1.807, 2.05) is 0 Å². The summed E-state index contributed by atoms with van der Waals surface area (Å²) >= 11 is 0. The smallest absolute Gasteiger partial charge is 0.0376 e. The fraction of sp³-hybridized carbons (Fsp3) is 0.625. The molecule has 0 aliphatic carbocycles. The van der Waals surface area contributed by atoms with Gasteiger partial charge in [-0.05, 0) is 56.4 Å². The first-order chi connectivity index (χ1) is 8.49. The number of aryl methyl sites for hydroxylation is 1. The van der Waals surface area contributed by atoms with Crippen LogP contribution in [0.4, 0.5) is 11.4 Å². The summed E-state index contributed by atoms with van der Waals surface area (Å²) in [5.41, 5.74) is 4.13. The largest absolute Gasteiger partial charge is 0.382 e. The zero-order valence-electron chi connectivity index (χ0n) is 12.3. The molecule has 2 atom stereocenters. The average molecular weight is 246 g/mol. The number of nitrogens with zero attached hydrogens (tertiary/aromatic N) is 1. The SMILES string of the molecule is CC1CCc2cc(N(C)C(C)C(C)C)ccc2N1. The van der Waals surface area contributed by atoms with Crippen molar-refractivity contribution in [2.45, 2.75) is 52.6 Å². The molecule has 0 saturated carbocycles. The van der Waals surface area contributed by atoms with E-state index in [1.54, 1.807) is 0 Å². The van der Waals surface area contributed by atoms with E-state index in [0.717, 1.165) is 0 Å². The lowest BCUT2D eigenvalue weighted by Crippen LogP contribution is -2.33. The lowest BCUT2D eigenvalue weighted by molar-refractivity contribution is 0.505. The maximum atomic E-state index is 3.56. The van der Waals surface area contributed by atoms with Crippen LogP contribution in [-0.4, -0.2) is 19.1 Å². The van der Waals surface area contributed by atoms with Crippen LogP contribution in [0.5, 0.6) is 0 Å². The van der Waals surface area contributed by atoms with Crippen LogP contribution in [0, 0.1) is 5.92 Å². The Kier molecular flexibility index (Phi) is 3.84. The van der Waals surface area contributed by atoms with Crippen molar-refractivity contribution in [3.63, 3.8) is 0 Å². The molecule has 0 aromatic heterocycles. The molecule has 0 bridgehead atoms. The van der Waals surface area contributed by atoms with E-state index in [0.29, 0.717) is 18.0 Å². The maximum absolute atomic E-state index is 3.56. The molecule has 2 unspecified atom stereocenters. The summed E-state index contributed by atoms with van der Waals surface area (Å²) in [4.78, 5) is 2.39. The van der Waals surface area contributed by atoms with Crippen molar-refractivity contribution in [3.05, 3.63) is 23.8 Å². The van der Waals surface area contributed by atoms with Crippen molar-refractivity contribution in [2.75, 3.05) is 17.3 Å². The molecular weight excluding hydrogens is 220 g/mol. The van der Waals surface area contributed by atoms with Crippen molar-refractivity contribution in [3.8, 4) is 0 Å². The first kappa shape index (κ1) is 13.3. The topological polar surface area (TPSA) is 15.3 Å². The van der Waals surface area contributed by atoms with Gasteiger partial charge in [0.25, 0.3) is 0 Å². The number of anilines is 2. The number of nitrogens with one attached hydrogen (secondary N) is 1. The molecule has 100 valence electrons. The zero-order chi connectivity index (χ0) is 13.3.